The average molecular weight is 716 g/mol. The van der Waals surface area contributed by atoms with Gasteiger partial charge in [-0.3, -0.25) is 23.9 Å². The molecule has 3 atom stereocenters. The van der Waals surface area contributed by atoms with Crippen LogP contribution in [0.4, 0.5) is 4.79 Å². The van der Waals surface area contributed by atoms with Crippen molar-refractivity contribution in [2.75, 3.05) is 13.7 Å². The number of hydrogen-bond donors (Lipinski definition) is 3. The van der Waals surface area contributed by atoms with E-state index in [-0.39, 0.29) is 25.8 Å². The normalized spacial score (nSPS) is 20.5. The van der Waals surface area contributed by atoms with Crippen LogP contribution in [0.1, 0.15) is 59.3 Å². The lowest BCUT2D eigenvalue weighted by atomic mass is 9.76. The summed E-state index contributed by atoms with van der Waals surface area (Å²) < 4.78 is 39.5. The standard InChI is InChI=1S/C36H42BN5O8S/c1-35(2,3)30(39-34(37)46)32(44)42-20-23(18-28(42)31(43)40-36(15-8-16-36)33(45)41-51(47,48)24-12-13-24)50-29-19-26(21-9-6-5-7-10-21)38-27-17-22(49-4)11-14-25(27)29/h5-7,9-11,14,17,19,23-24,28,30H,8,12-13,15-16,18,20H2,1-4H3,(H,39,46)(H,40,43)(H,41,45). The molecule has 51 heavy (non-hydrogen) atoms. The van der Waals surface area contributed by atoms with Gasteiger partial charge in [-0.05, 0) is 49.7 Å². The van der Waals surface area contributed by atoms with Crippen molar-refractivity contribution in [2.24, 2.45) is 5.41 Å². The van der Waals surface area contributed by atoms with E-state index >= 15 is 0 Å². The molecule has 3 aromatic rings. The van der Waals surface area contributed by atoms with Crippen molar-refractivity contribution >= 4 is 52.3 Å². The molecule has 3 aliphatic rings. The number of methoxy groups -OCH3 is 1. The first-order chi connectivity index (χ1) is 24.1. The van der Waals surface area contributed by atoms with Crippen molar-refractivity contribution in [3.05, 3.63) is 54.6 Å². The molecule has 15 heteroatoms. The highest BCUT2D eigenvalue weighted by molar-refractivity contribution is 7.91. The fourth-order valence-electron chi connectivity index (χ4n) is 6.62. The van der Waals surface area contributed by atoms with E-state index in [1.807, 2.05) is 42.5 Å². The van der Waals surface area contributed by atoms with E-state index in [1.165, 1.54) is 4.90 Å². The van der Waals surface area contributed by atoms with E-state index in [4.69, 9.17) is 22.3 Å². The Kier molecular flexibility index (Phi) is 9.79. The number of aromatic nitrogens is 1. The first kappa shape index (κ1) is 36.1. The highest BCUT2D eigenvalue weighted by Crippen LogP contribution is 2.37. The summed E-state index contributed by atoms with van der Waals surface area (Å²) >= 11 is 0. The molecule has 2 aliphatic carbocycles. The predicted molar refractivity (Wildman–Crippen MR) is 191 cm³/mol. The second kappa shape index (κ2) is 13.8. The maximum Gasteiger partial charge on any atom is 0.259 e. The molecule has 2 saturated carbocycles. The van der Waals surface area contributed by atoms with Gasteiger partial charge in [-0.2, -0.15) is 0 Å². The van der Waals surface area contributed by atoms with Crippen LogP contribution in [0.25, 0.3) is 22.2 Å². The highest BCUT2D eigenvalue weighted by atomic mass is 32.2. The monoisotopic (exact) mass is 715 g/mol. The summed E-state index contributed by atoms with van der Waals surface area (Å²) in [6, 6.07) is 14.6. The number of amides is 4. The van der Waals surface area contributed by atoms with Crippen molar-refractivity contribution in [3.8, 4) is 22.8 Å². The van der Waals surface area contributed by atoms with Crippen LogP contribution in [0.3, 0.4) is 0 Å². The fourth-order valence-corrected chi connectivity index (χ4v) is 7.99. The van der Waals surface area contributed by atoms with Crippen molar-refractivity contribution in [3.63, 3.8) is 0 Å². The number of ether oxygens (including phenoxy) is 2. The Morgan fingerprint density at radius 1 is 1.04 bits per heavy atom. The molecule has 0 spiro atoms. The molecule has 0 bridgehead atoms. The third kappa shape index (κ3) is 7.68. The molecule has 1 saturated heterocycles. The van der Waals surface area contributed by atoms with Crippen LogP contribution in [-0.4, -0.2) is 92.3 Å². The van der Waals surface area contributed by atoms with E-state index < -0.39 is 67.9 Å². The number of pyridine rings is 1. The number of hydrogen-bond acceptors (Lipinski definition) is 9. The summed E-state index contributed by atoms with van der Waals surface area (Å²) in [5.41, 5.74) is -0.117. The van der Waals surface area contributed by atoms with Crippen LogP contribution >= 0.6 is 0 Å². The zero-order valence-corrected chi connectivity index (χ0v) is 29.9. The smallest absolute Gasteiger partial charge is 0.259 e. The Morgan fingerprint density at radius 3 is 2.33 bits per heavy atom. The molecule has 1 aromatic heterocycles. The Bertz CT molecular complexity index is 1960. The molecule has 2 heterocycles. The molecule has 2 aromatic carbocycles. The van der Waals surface area contributed by atoms with E-state index in [0.29, 0.717) is 47.4 Å². The lowest BCUT2D eigenvalue weighted by Gasteiger charge is -2.42. The lowest BCUT2D eigenvalue weighted by molar-refractivity contribution is -0.144. The summed E-state index contributed by atoms with van der Waals surface area (Å²) in [5.74, 6) is -1.78. The predicted octanol–water partition coefficient (Wildman–Crippen LogP) is 3.20. The molecule has 3 fully saturated rings. The van der Waals surface area contributed by atoms with Crippen LogP contribution in [0, 0.1) is 5.41 Å². The SMILES string of the molecule is [B]C(=O)NC(C(=O)N1CC(Oc2cc(-c3ccccc3)nc3cc(OC)ccc23)CC1C(=O)NC1(C(=O)NS(=O)(=O)C2CC2)CCC1)C(C)(C)C. The van der Waals surface area contributed by atoms with Gasteiger partial charge in [0.1, 0.15) is 35.2 Å². The van der Waals surface area contributed by atoms with Crippen LogP contribution in [0.2, 0.25) is 0 Å². The van der Waals surface area contributed by atoms with Gasteiger partial charge in [-0.15, -0.1) is 0 Å². The maximum atomic E-state index is 14.3. The van der Waals surface area contributed by atoms with E-state index in [2.05, 4.69) is 15.4 Å². The molecule has 3 N–H and O–H groups in total. The topological polar surface area (TPSA) is 173 Å². The summed E-state index contributed by atoms with van der Waals surface area (Å²) in [6.07, 6.45) is 1.39. The second-order valence-electron chi connectivity index (χ2n) is 14.6. The molecule has 268 valence electrons. The number of fused-ring (bicyclic) bond motifs is 1. The van der Waals surface area contributed by atoms with Gasteiger partial charge in [0.25, 0.3) is 5.91 Å². The van der Waals surface area contributed by atoms with Gasteiger partial charge in [-0.25, -0.2) is 13.4 Å². The zero-order chi connectivity index (χ0) is 36.7. The number of nitrogens with one attached hydrogen (secondary N) is 3. The second-order valence-corrected chi connectivity index (χ2v) is 16.6. The van der Waals surface area contributed by atoms with Gasteiger partial charge in [0, 0.05) is 29.5 Å². The molecule has 13 nitrogen and oxygen atoms in total. The first-order valence-corrected chi connectivity index (χ1v) is 18.6. The van der Waals surface area contributed by atoms with Crippen molar-refractivity contribution in [1.82, 2.24) is 25.2 Å². The summed E-state index contributed by atoms with van der Waals surface area (Å²) in [5, 5.41) is 5.42. The molecule has 6 rings (SSSR count). The van der Waals surface area contributed by atoms with Gasteiger partial charge in [0.15, 0.2) is 5.81 Å². The molecular formula is C36H42BN5O8S. The van der Waals surface area contributed by atoms with Crippen LogP contribution in [-0.2, 0) is 24.4 Å². The number of carbonyl (C=O) groups is 4. The van der Waals surface area contributed by atoms with Crippen molar-refractivity contribution in [1.29, 1.82) is 0 Å². The zero-order valence-electron chi connectivity index (χ0n) is 29.1. The number of sulfonamides is 1. The van der Waals surface area contributed by atoms with Gasteiger partial charge < -0.3 is 25.0 Å². The van der Waals surface area contributed by atoms with Crippen LogP contribution < -0.4 is 24.8 Å². The van der Waals surface area contributed by atoms with E-state index in [0.717, 1.165) is 5.56 Å². The minimum Gasteiger partial charge on any atom is -0.497 e. The van der Waals surface area contributed by atoms with Gasteiger partial charge >= 0.3 is 0 Å². The average Bonchev–Trinajstić information content (AvgIpc) is 3.85. The fraction of sp³-hybridized carbons (Fsp3) is 0.472. The Labute approximate surface area is 298 Å². The molecular weight excluding hydrogens is 673 g/mol. The quantitative estimate of drug-likeness (QED) is 0.252. The molecule has 2 radical (unpaired) electrons. The Hall–Kier alpha value is -4.66. The minimum absolute atomic E-state index is 0.0279. The summed E-state index contributed by atoms with van der Waals surface area (Å²) in [6.45, 7) is 5.27. The molecule has 4 amide bonds. The number of carbonyl (C=O) groups excluding carboxylic acids is 4. The maximum absolute atomic E-state index is 14.3. The molecule has 1 aliphatic heterocycles. The first-order valence-electron chi connectivity index (χ1n) is 17.1. The third-order valence-electron chi connectivity index (χ3n) is 9.79. The van der Waals surface area contributed by atoms with Crippen molar-refractivity contribution in [2.45, 2.75) is 88.3 Å². The Balaban J connectivity index is 1.32. The van der Waals surface area contributed by atoms with Gasteiger partial charge in [-0.1, -0.05) is 51.1 Å². The number of nitrogens with zero attached hydrogens (tertiary/aromatic N) is 2. The minimum atomic E-state index is -3.85. The van der Waals surface area contributed by atoms with Crippen molar-refractivity contribution < 1.29 is 37.1 Å². The van der Waals surface area contributed by atoms with E-state index in [1.54, 1.807) is 40.0 Å². The van der Waals surface area contributed by atoms with Crippen LogP contribution in [0.15, 0.2) is 54.6 Å². The van der Waals surface area contributed by atoms with Gasteiger partial charge in [0.2, 0.25) is 29.7 Å². The lowest BCUT2D eigenvalue weighted by Crippen LogP contribution is -2.66. The molecule has 3 unspecified atom stereocenters. The third-order valence-corrected chi connectivity index (χ3v) is 11.6. The number of rotatable bonds is 11. The Morgan fingerprint density at radius 2 is 1.75 bits per heavy atom. The highest BCUT2D eigenvalue weighted by Gasteiger charge is 2.52. The number of likely N-dealkylation sites (tertiary alicyclic amines) is 1. The summed E-state index contributed by atoms with van der Waals surface area (Å²) in [7, 11) is 3.18. The van der Waals surface area contributed by atoms with Gasteiger partial charge in [0.05, 0.1) is 30.1 Å². The van der Waals surface area contributed by atoms with Crippen LogP contribution in [0.5, 0.6) is 11.5 Å². The largest absolute Gasteiger partial charge is 0.497 e. The van der Waals surface area contributed by atoms with E-state index in [9.17, 15) is 27.6 Å². The summed E-state index contributed by atoms with van der Waals surface area (Å²) in [4.78, 5) is 60.0. The number of benzene rings is 2.